The predicted octanol–water partition coefficient (Wildman–Crippen LogP) is 2.59. The molecule has 1 saturated heterocycles. The maximum atomic E-state index is 12.0. The van der Waals surface area contributed by atoms with Gasteiger partial charge in [-0.1, -0.05) is 13.8 Å². The molecule has 0 saturated carbocycles. The molecule has 1 aliphatic rings. The van der Waals surface area contributed by atoms with Gasteiger partial charge in [-0.15, -0.1) is 12.4 Å². The van der Waals surface area contributed by atoms with Gasteiger partial charge in [-0.05, 0) is 38.0 Å². The molecular formula is C15H31ClN2O2. The van der Waals surface area contributed by atoms with E-state index in [-0.39, 0.29) is 24.4 Å². The first kappa shape index (κ1) is 19.7. The molecule has 2 atom stereocenters. The van der Waals surface area contributed by atoms with Gasteiger partial charge >= 0.3 is 0 Å². The lowest BCUT2D eigenvalue weighted by Gasteiger charge is -2.24. The monoisotopic (exact) mass is 306 g/mol. The SMILES string of the molecule is CC(C)C(N)CCN(C)C(=O)CCC1CCCCO1.Cl. The number of rotatable bonds is 7. The third-order valence-electron chi connectivity index (χ3n) is 4.03. The van der Waals surface area contributed by atoms with Crippen molar-refractivity contribution in [3.05, 3.63) is 0 Å². The van der Waals surface area contributed by atoms with Crippen molar-refractivity contribution >= 4 is 18.3 Å². The van der Waals surface area contributed by atoms with Crippen molar-refractivity contribution in [3.63, 3.8) is 0 Å². The van der Waals surface area contributed by atoms with E-state index in [2.05, 4.69) is 13.8 Å². The molecular weight excluding hydrogens is 276 g/mol. The van der Waals surface area contributed by atoms with E-state index in [0.29, 0.717) is 18.4 Å². The van der Waals surface area contributed by atoms with Crippen LogP contribution in [-0.2, 0) is 9.53 Å². The number of ether oxygens (including phenoxy) is 1. The van der Waals surface area contributed by atoms with Gasteiger partial charge in [-0.3, -0.25) is 4.79 Å². The Bertz CT molecular complexity index is 269. The summed E-state index contributed by atoms with van der Waals surface area (Å²) in [5.41, 5.74) is 6.00. The Kier molecular flexibility index (Phi) is 10.2. The molecule has 0 aromatic carbocycles. The molecule has 1 amide bonds. The normalized spacial score (nSPS) is 20.4. The maximum absolute atomic E-state index is 12.0. The molecule has 0 spiro atoms. The molecule has 0 bridgehead atoms. The van der Waals surface area contributed by atoms with Crippen LogP contribution in [0.4, 0.5) is 0 Å². The summed E-state index contributed by atoms with van der Waals surface area (Å²) < 4.78 is 5.65. The highest BCUT2D eigenvalue weighted by Gasteiger charge is 2.17. The standard InChI is InChI=1S/C15H30N2O2.ClH/c1-12(2)14(16)9-10-17(3)15(18)8-7-13-6-4-5-11-19-13;/h12-14H,4-11,16H2,1-3H3;1H. The average molecular weight is 307 g/mol. The predicted molar refractivity (Wildman–Crippen MR) is 85.1 cm³/mol. The molecule has 2 N–H and O–H groups in total. The third kappa shape index (κ3) is 7.46. The maximum Gasteiger partial charge on any atom is 0.222 e. The van der Waals surface area contributed by atoms with Gasteiger partial charge in [0, 0.05) is 32.7 Å². The number of hydrogen-bond acceptors (Lipinski definition) is 3. The molecule has 4 nitrogen and oxygen atoms in total. The Morgan fingerprint density at radius 1 is 1.40 bits per heavy atom. The van der Waals surface area contributed by atoms with Crippen LogP contribution in [0.3, 0.4) is 0 Å². The molecule has 1 heterocycles. The van der Waals surface area contributed by atoms with Crippen LogP contribution in [0.25, 0.3) is 0 Å². The van der Waals surface area contributed by atoms with E-state index in [9.17, 15) is 4.79 Å². The fourth-order valence-electron chi connectivity index (χ4n) is 2.31. The largest absolute Gasteiger partial charge is 0.378 e. The first-order valence-corrected chi connectivity index (χ1v) is 7.62. The van der Waals surface area contributed by atoms with Crippen molar-refractivity contribution in [3.8, 4) is 0 Å². The molecule has 5 heteroatoms. The number of carbonyl (C=O) groups is 1. The highest BCUT2D eigenvalue weighted by atomic mass is 35.5. The lowest BCUT2D eigenvalue weighted by molar-refractivity contribution is -0.131. The Hall–Kier alpha value is -0.320. The zero-order valence-corrected chi connectivity index (χ0v) is 14.0. The van der Waals surface area contributed by atoms with Gasteiger partial charge in [0.1, 0.15) is 0 Å². The quantitative estimate of drug-likeness (QED) is 0.786. The summed E-state index contributed by atoms with van der Waals surface area (Å²) in [5.74, 6) is 0.685. The Morgan fingerprint density at radius 3 is 2.65 bits per heavy atom. The van der Waals surface area contributed by atoms with E-state index in [1.165, 1.54) is 6.42 Å². The molecule has 0 aromatic rings. The van der Waals surface area contributed by atoms with Crippen LogP contribution in [0.2, 0.25) is 0 Å². The van der Waals surface area contributed by atoms with Crippen LogP contribution >= 0.6 is 12.4 Å². The van der Waals surface area contributed by atoms with Crippen molar-refractivity contribution in [2.75, 3.05) is 20.2 Å². The van der Waals surface area contributed by atoms with Crippen molar-refractivity contribution in [1.29, 1.82) is 0 Å². The topological polar surface area (TPSA) is 55.6 Å². The van der Waals surface area contributed by atoms with E-state index >= 15 is 0 Å². The van der Waals surface area contributed by atoms with Crippen LogP contribution in [0, 0.1) is 5.92 Å². The summed E-state index contributed by atoms with van der Waals surface area (Å²) >= 11 is 0. The summed E-state index contributed by atoms with van der Waals surface area (Å²) in [6.07, 6.45) is 6.13. The van der Waals surface area contributed by atoms with E-state index in [1.54, 1.807) is 0 Å². The summed E-state index contributed by atoms with van der Waals surface area (Å²) in [7, 11) is 1.87. The minimum atomic E-state index is 0. The molecule has 20 heavy (non-hydrogen) atoms. The molecule has 2 unspecified atom stereocenters. The van der Waals surface area contributed by atoms with Crippen LogP contribution < -0.4 is 5.73 Å². The second kappa shape index (κ2) is 10.4. The smallest absolute Gasteiger partial charge is 0.222 e. The van der Waals surface area contributed by atoms with Crippen molar-refractivity contribution in [1.82, 2.24) is 4.90 Å². The Balaban J connectivity index is 0.00000361. The van der Waals surface area contributed by atoms with E-state index in [0.717, 1.165) is 38.8 Å². The van der Waals surface area contributed by atoms with Crippen LogP contribution in [0.15, 0.2) is 0 Å². The Labute approximate surface area is 129 Å². The van der Waals surface area contributed by atoms with Gasteiger partial charge in [0.15, 0.2) is 0 Å². The number of hydrogen-bond donors (Lipinski definition) is 1. The van der Waals surface area contributed by atoms with Gasteiger partial charge in [0.2, 0.25) is 5.91 Å². The summed E-state index contributed by atoms with van der Waals surface area (Å²) in [4.78, 5) is 13.8. The van der Waals surface area contributed by atoms with Gasteiger partial charge in [0.05, 0.1) is 6.10 Å². The van der Waals surface area contributed by atoms with Crippen molar-refractivity contribution < 1.29 is 9.53 Å². The Morgan fingerprint density at radius 2 is 2.10 bits per heavy atom. The molecule has 0 radical (unpaired) electrons. The van der Waals surface area contributed by atoms with Crippen LogP contribution in [0.1, 0.15) is 52.4 Å². The molecule has 1 aliphatic heterocycles. The highest BCUT2D eigenvalue weighted by Crippen LogP contribution is 2.17. The molecule has 120 valence electrons. The fraction of sp³-hybridized carbons (Fsp3) is 0.933. The molecule has 0 aromatic heterocycles. The minimum Gasteiger partial charge on any atom is -0.378 e. The number of nitrogens with zero attached hydrogens (tertiary/aromatic N) is 1. The summed E-state index contributed by atoms with van der Waals surface area (Å²) in [6, 6.07) is 0.178. The van der Waals surface area contributed by atoms with E-state index in [1.807, 2.05) is 11.9 Å². The van der Waals surface area contributed by atoms with E-state index < -0.39 is 0 Å². The molecule has 1 rings (SSSR count). The van der Waals surface area contributed by atoms with Gasteiger partial charge in [0.25, 0.3) is 0 Å². The van der Waals surface area contributed by atoms with Crippen molar-refractivity contribution in [2.24, 2.45) is 11.7 Å². The number of carbonyl (C=O) groups excluding carboxylic acids is 1. The number of amides is 1. The first-order valence-electron chi connectivity index (χ1n) is 7.62. The zero-order valence-electron chi connectivity index (χ0n) is 13.1. The fourth-order valence-corrected chi connectivity index (χ4v) is 2.31. The lowest BCUT2D eigenvalue weighted by Crippen LogP contribution is -2.35. The second-order valence-corrected chi connectivity index (χ2v) is 6.04. The first-order chi connectivity index (χ1) is 9.00. The van der Waals surface area contributed by atoms with E-state index in [4.69, 9.17) is 10.5 Å². The minimum absolute atomic E-state index is 0. The molecule has 1 fully saturated rings. The highest BCUT2D eigenvalue weighted by molar-refractivity contribution is 5.85. The van der Waals surface area contributed by atoms with Crippen LogP contribution in [-0.4, -0.2) is 43.2 Å². The van der Waals surface area contributed by atoms with Gasteiger partial charge in [-0.25, -0.2) is 0 Å². The molecule has 0 aliphatic carbocycles. The summed E-state index contributed by atoms with van der Waals surface area (Å²) in [5, 5.41) is 0. The average Bonchev–Trinajstić information content (AvgIpc) is 2.42. The third-order valence-corrected chi connectivity index (χ3v) is 4.03. The van der Waals surface area contributed by atoms with Crippen molar-refractivity contribution in [2.45, 2.75) is 64.5 Å². The second-order valence-electron chi connectivity index (χ2n) is 6.04. The zero-order chi connectivity index (χ0) is 14.3. The van der Waals surface area contributed by atoms with Crippen LogP contribution in [0.5, 0.6) is 0 Å². The van der Waals surface area contributed by atoms with Gasteiger partial charge < -0.3 is 15.4 Å². The number of halogens is 1. The summed E-state index contributed by atoms with van der Waals surface area (Å²) in [6.45, 7) is 5.85. The lowest BCUT2D eigenvalue weighted by atomic mass is 10.0. The van der Waals surface area contributed by atoms with Gasteiger partial charge in [-0.2, -0.15) is 0 Å². The number of nitrogens with two attached hydrogens (primary N) is 1.